The molecule has 0 heterocycles. The number of carbonyl (C=O) groups excluding carboxylic acids is 1. The number of carbonyl (C=O) groups is 1. The van der Waals surface area contributed by atoms with Crippen molar-refractivity contribution >= 4 is 12.0 Å². The van der Waals surface area contributed by atoms with Crippen LogP contribution in [0.15, 0.2) is 30.3 Å². The first kappa shape index (κ1) is 33.0. The number of hydrogen-bond donors (Lipinski definition) is 0. The molecular formula is C28H46O9. The van der Waals surface area contributed by atoms with Gasteiger partial charge < -0.3 is 37.9 Å². The molecule has 9 nitrogen and oxygen atoms in total. The van der Waals surface area contributed by atoms with Gasteiger partial charge in [0.1, 0.15) is 12.4 Å². The molecular weight excluding hydrogens is 480 g/mol. The summed E-state index contributed by atoms with van der Waals surface area (Å²) in [7, 11) is 1.64. The van der Waals surface area contributed by atoms with Gasteiger partial charge in [-0.15, -0.1) is 0 Å². The van der Waals surface area contributed by atoms with Crippen LogP contribution in [0.2, 0.25) is 0 Å². The monoisotopic (exact) mass is 526 g/mol. The van der Waals surface area contributed by atoms with E-state index in [1.165, 1.54) is 25.3 Å². The van der Waals surface area contributed by atoms with Gasteiger partial charge in [-0.1, -0.05) is 38.3 Å². The average molecular weight is 527 g/mol. The van der Waals surface area contributed by atoms with E-state index in [1.807, 2.05) is 24.3 Å². The van der Waals surface area contributed by atoms with Crippen LogP contribution in [0, 0.1) is 0 Å². The second kappa shape index (κ2) is 25.6. The smallest absolute Gasteiger partial charge is 0.330 e. The first-order valence-corrected chi connectivity index (χ1v) is 13.2. The van der Waals surface area contributed by atoms with Gasteiger partial charge in [0.2, 0.25) is 0 Å². The molecule has 212 valence electrons. The topological polar surface area (TPSA) is 90.9 Å². The summed E-state index contributed by atoms with van der Waals surface area (Å²) >= 11 is 0. The minimum absolute atomic E-state index is 0.189. The molecule has 0 saturated carbocycles. The van der Waals surface area contributed by atoms with Crippen molar-refractivity contribution in [3.05, 3.63) is 35.9 Å². The van der Waals surface area contributed by atoms with Crippen LogP contribution in [0.5, 0.6) is 5.75 Å². The van der Waals surface area contributed by atoms with Gasteiger partial charge in [-0.3, -0.25) is 0 Å². The molecule has 1 rings (SSSR count). The predicted molar refractivity (Wildman–Crippen MR) is 142 cm³/mol. The fourth-order valence-corrected chi connectivity index (χ4v) is 2.93. The maximum absolute atomic E-state index is 11.8. The molecule has 0 atom stereocenters. The summed E-state index contributed by atoms with van der Waals surface area (Å²) in [4.78, 5) is 11.8. The van der Waals surface area contributed by atoms with Crippen molar-refractivity contribution in [3.8, 4) is 5.75 Å². The largest absolute Gasteiger partial charge is 0.494 e. The van der Waals surface area contributed by atoms with Gasteiger partial charge in [0.05, 0.1) is 79.3 Å². The molecule has 0 fully saturated rings. The maximum atomic E-state index is 11.8. The lowest BCUT2D eigenvalue weighted by Crippen LogP contribution is -2.14. The van der Waals surface area contributed by atoms with Gasteiger partial charge in [-0.2, -0.15) is 0 Å². The fourth-order valence-electron chi connectivity index (χ4n) is 2.93. The van der Waals surface area contributed by atoms with Crippen LogP contribution >= 0.6 is 0 Å². The summed E-state index contributed by atoms with van der Waals surface area (Å²) in [5.41, 5.74) is 0.906. The number of benzene rings is 1. The second-order valence-electron chi connectivity index (χ2n) is 8.03. The molecule has 0 aromatic heterocycles. The third-order valence-electron chi connectivity index (χ3n) is 4.95. The molecule has 0 unspecified atom stereocenters. The van der Waals surface area contributed by atoms with E-state index in [9.17, 15) is 4.79 Å². The van der Waals surface area contributed by atoms with Gasteiger partial charge in [0, 0.05) is 13.2 Å². The highest BCUT2D eigenvalue weighted by Crippen LogP contribution is 2.14. The molecule has 1 aromatic rings. The second-order valence-corrected chi connectivity index (χ2v) is 8.03. The lowest BCUT2D eigenvalue weighted by molar-refractivity contribution is -0.139. The molecule has 0 spiro atoms. The third-order valence-corrected chi connectivity index (χ3v) is 4.95. The Bertz CT molecular complexity index is 664. The number of esters is 1. The Labute approximate surface area is 222 Å². The summed E-state index contributed by atoms with van der Waals surface area (Å²) in [5, 5.41) is 0. The lowest BCUT2D eigenvalue weighted by Gasteiger charge is -2.08. The first-order valence-electron chi connectivity index (χ1n) is 13.2. The quantitative estimate of drug-likeness (QED) is 0.101. The zero-order valence-corrected chi connectivity index (χ0v) is 22.7. The summed E-state index contributed by atoms with van der Waals surface area (Å²) in [6.07, 6.45) is 7.84. The number of ether oxygens (including phenoxy) is 8. The van der Waals surface area contributed by atoms with Crippen LogP contribution in [0.3, 0.4) is 0 Å². The van der Waals surface area contributed by atoms with E-state index >= 15 is 0 Å². The van der Waals surface area contributed by atoms with Crippen molar-refractivity contribution in [1.82, 2.24) is 0 Å². The van der Waals surface area contributed by atoms with E-state index in [-0.39, 0.29) is 6.61 Å². The van der Waals surface area contributed by atoms with Crippen LogP contribution < -0.4 is 4.74 Å². The standard InChI is InChI=1S/C28H46O9/c1-3-4-5-6-13-36-27-10-7-26(8-11-27)9-12-28(29)37-25-24-35-23-22-34-21-20-33-19-18-32-17-16-31-15-14-30-2/h7-12H,3-6,13-25H2,1-2H3/b12-9+. The van der Waals surface area contributed by atoms with Crippen LogP contribution in [0.25, 0.3) is 6.08 Å². The van der Waals surface area contributed by atoms with Gasteiger partial charge in [0.15, 0.2) is 0 Å². The molecule has 0 bridgehead atoms. The minimum atomic E-state index is -0.407. The summed E-state index contributed by atoms with van der Waals surface area (Å²) in [5.74, 6) is 0.432. The van der Waals surface area contributed by atoms with Gasteiger partial charge in [-0.25, -0.2) is 4.79 Å². The Kier molecular flexibility index (Phi) is 22.9. The van der Waals surface area contributed by atoms with E-state index in [0.717, 1.165) is 24.3 Å². The maximum Gasteiger partial charge on any atom is 0.330 e. The molecule has 0 aliphatic carbocycles. The average Bonchev–Trinajstić information content (AvgIpc) is 2.91. The van der Waals surface area contributed by atoms with Crippen molar-refractivity contribution in [1.29, 1.82) is 0 Å². The van der Waals surface area contributed by atoms with Gasteiger partial charge >= 0.3 is 5.97 Å². The molecule has 0 radical (unpaired) electrons. The summed E-state index contributed by atoms with van der Waals surface area (Å²) < 4.78 is 42.7. The Morgan fingerprint density at radius 3 is 1.68 bits per heavy atom. The first-order chi connectivity index (χ1) is 18.3. The Morgan fingerprint density at radius 1 is 0.649 bits per heavy atom. The molecule has 0 amide bonds. The molecule has 37 heavy (non-hydrogen) atoms. The SMILES string of the molecule is CCCCCCOc1ccc(/C=C/C(=O)OCCOCCOCCOCCOCCOCCOC)cc1. The number of hydrogen-bond acceptors (Lipinski definition) is 9. The Balaban J connectivity index is 1.89. The van der Waals surface area contributed by atoms with Crippen molar-refractivity contribution in [2.75, 3.05) is 93.0 Å². The summed E-state index contributed by atoms with van der Waals surface area (Å²) in [6.45, 7) is 8.55. The Hall–Kier alpha value is -2.01. The van der Waals surface area contributed by atoms with E-state index in [1.54, 1.807) is 13.2 Å². The zero-order chi connectivity index (χ0) is 26.7. The van der Waals surface area contributed by atoms with Crippen LogP contribution in [0.4, 0.5) is 0 Å². The summed E-state index contributed by atoms with van der Waals surface area (Å²) in [6, 6.07) is 7.64. The van der Waals surface area contributed by atoms with E-state index < -0.39 is 5.97 Å². The zero-order valence-electron chi connectivity index (χ0n) is 22.7. The number of methoxy groups -OCH3 is 1. The Morgan fingerprint density at radius 2 is 1.16 bits per heavy atom. The van der Waals surface area contributed by atoms with Crippen LogP contribution in [-0.4, -0.2) is 99.0 Å². The van der Waals surface area contributed by atoms with Crippen molar-refractivity contribution in [2.45, 2.75) is 32.6 Å². The van der Waals surface area contributed by atoms with E-state index in [2.05, 4.69) is 6.92 Å². The normalized spacial score (nSPS) is 11.3. The fraction of sp³-hybridized carbons (Fsp3) is 0.679. The van der Waals surface area contributed by atoms with Crippen LogP contribution in [-0.2, 0) is 38.0 Å². The molecule has 0 aliphatic heterocycles. The minimum Gasteiger partial charge on any atom is -0.494 e. The van der Waals surface area contributed by atoms with Gasteiger partial charge in [-0.05, 0) is 30.2 Å². The number of rotatable bonds is 26. The molecule has 1 aromatic carbocycles. The van der Waals surface area contributed by atoms with Crippen molar-refractivity contribution in [3.63, 3.8) is 0 Å². The van der Waals surface area contributed by atoms with Crippen molar-refractivity contribution in [2.24, 2.45) is 0 Å². The van der Waals surface area contributed by atoms with Gasteiger partial charge in [0.25, 0.3) is 0 Å². The highest BCUT2D eigenvalue weighted by molar-refractivity contribution is 5.87. The molecule has 9 heteroatoms. The molecule has 0 saturated heterocycles. The highest BCUT2D eigenvalue weighted by Gasteiger charge is 1.99. The molecule has 0 N–H and O–H groups in total. The van der Waals surface area contributed by atoms with E-state index in [4.69, 9.17) is 37.9 Å². The molecule has 0 aliphatic rings. The lowest BCUT2D eigenvalue weighted by atomic mass is 10.2. The highest BCUT2D eigenvalue weighted by atomic mass is 16.6. The predicted octanol–water partition coefficient (Wildman–Crippen LogP) is 3.93. The van der Waals surface area contributed by atoms with E-state index in [0.29, 0.717) is 72.7 Å². The van der Waals surface area contributed by atoms with Crippen molar-refractivity contribution < 1.29 is 42.7 Å². The number of unbranched alkanes of at least 4 members (excludes halogenated alkanes) is 3. The third kappa shape index (κ3) is 21.8. The van der Waals surface area contributed by atoms with Crippen LogP contribution in [0.1, 0.15) is 38.2 Å².